The highest BCUT2D eigenvalue weighted by Gasteiger charge is 2.27. The van der Waals surface area contributed by atoms with Crippen molar-refractivity contribution >= 4 is 51.2 Å². The summed E-state index contributed by atoms with van der Waals surface area (Å²) >= 11 is 6.72. The van der Waals surface area contributed by atoms with Crippen molar-refractivity contribution in [3.8, 4) is 0 Å². The average molecular weight is 448 g/mol. The topological polar surface area (TPSA) is 70.7 Å². The lowest BCUT2D eigenvalue weighted by Crippen LogP contribution is -2.30. The van der Waals surface area contributed by atoms with Crippen molar-refractivity contribution in [2.45, 2.75) is 41.5 Å². The van der Waals surface area contributed by atoms with Crippen LogP contribution in [0.4, 0.5) is 10.7 Å². The van der Waals surface area contributed by atoms with Gasteiger partial charge in [-0.15, -0.1) is 11.3 Å². The van der Waals surface area contributed by atoms with Crippen molar-refractivity contribution in [1.29, 1.82) is 0 Å². The SMILES string of the molecule is CCN(CC)C(=O)c1sc(NC(=S)Nc2c(C)cc(C)cc2C)c(C(=O)OC)c1C. The Kier molecular flexibility index (Phi) is 7.97. The quantitative estimate of drug-likeness (QED) is 0.476. The van der Waals surface area contributed by atoms with E-state index >= 15 is 0 Å². The molecule has 2 rings (SSSR count). The van der Waals surface area contributed by atoms with E-state index in [1.807, 2.05) is 34.6 Å². The van der Waals surface area contributed by atoms with E-state index in [4.69, 9.17) is 17.0 Å². The molecule has 0 saturated carbocycles. The lowest BCUT2D eigenvalue weighted by atomic mass is 10.1. The number of methoxy groups -OCH3 is 1. The molecule has 0 saturated heterocycles. The maximum Gasteiger partial charge on any atom is 0.341 e. The summed E-state index contributed by atoms with van der Waals surface area (Å²) in [4.78, 5) is 27.6. The fraction of sp³-hybridized carbons (Fsp3) is 0.409. The van der Waals surface area contributed by atoms with Crippen molar-refractivity contribution < 1.29 is 14.3 Å². The second-order valence-corrected chi connectivity index (χ2v) is 8.51. The minimum absolute atomic E-state index is 0.107. The van der Waals surface area contributed by atoms with Crippen LogP contribution in [-0.4, -0.2) is 42.1 Å². The number of carbonyl (C=O) groups is 2. The van der Waals surface area contributed by atoms with Gasteiger partial charge in [0, 0.05) is 18.8 Å². The molecular formula is C22H29N3O3S2. The van der Waals surface area contributed by atoms with E-state index in [0.29, 0.717) is 39.2 Å². The number of aryl methyl sites for hydroxylation is 3. The predicted octanol–water partition coefficient (Wildman–Crippen LogP) is 5.06. The fourth-order valence-electron chi connectivity index (χ4n) is 3.43. The monoisotopic (exact) mass is 447 g/mol. The van der Waals surface area contributed by atoms with Gasteiger partial charge < -0.3 is 20.3 Å². The molecule has 2 aromatic rings. The van der Waals surface area contributed by atoms with Crippen molar-refractivity contribution in [1.82, 2.24) is 4.90 Å². The Hall–Kier alpha value is -2.45. The molecular weight excluding hydrogens is 418 g/mol. The number of nitrogens with one attached hydrogen (secondary N) is 2. The number of esters is 1. The molecule has 0 radical (unpaired) electrons. The number of anilines is 2. The third-order valence-corrected chi connectivity index (χ3v) is 6.32. The van der Waals surface area contributed by atoms with Gasteiger partial charge in [0.1, 0.15) is 5.00 Å². The minimum Gasteiger partial charge on any atom is -0.465 e. The van der Waals surface area contributed by atoms with Crippen LogP contribution in [0.3, 0.4) is 0 Å². The van der Waals surface area contributed by atoms with Gasteiger partial charge >= 0.3 is 5.97 Å². The number of thiocarbonyl (C=S) groups is 1. The van der Waals surface area contributed by atoms with Crippen LogP contribution in [0.5, 0.6) is 0 Å². The molecule has 8 heteroatoms. The molecule has 1 heterocycles. The molecule has 1 aromatic carbocycles. The maximum absolute atomic E-state index is 12.9. The lowest BCUT2D eigenvalue weighted by molar-refractivity contribution is 0.0601. The first-order valence-electron chi connectivity index (χ1n) is 9.81. The molecule has 1 amide bonds. The minimum atomic E-state index is -0.504. The molecule has 0 atom stereocenters. The van der Waals surface area contributed by atoms with Crippen LogP contribution >= 0.6 is 23.6 Å². The summed E-state index contributed by atoms with van der Waals surface area (Å²) in [5.41, 5.74) is 5.17. The lowest BCUT2D eigenvalue weighted by Gasteiger charge is -2.18. The fourth-order valence-corrected chi connectivity index (χ4v) is 4.87. The predicted molar refractivity (Wildman–Crippen MR) is 128 cm³/mol. The maximum atomic E-state index is 12.9. The smallest absolute Gasteiger partial charge is 0.341 e. The van der Waals surface area contributed by atoms with Gasteiger partial charge in [-0.3, -0.25) is 4.79 Å². The molecule has 0 spiro atoms. The van der Waals surface area contributed by atoms with Crippen LogP contribution < -0.4 is 10.6 Å². The van der Waals surface area contributed by atoms with Gasteiger partial charge in [-0.05, 0) is 70.5 Å². The van der Waals surface area contributed by atoms with Gasteiger partial charge in [-0.25, -0.2) is 4.79 Å². The van der Waals surface area contributed by atoms with E-state index in [1.165, 1.54) is 24.0 Å². The first kappa shape index (κ1) is 23.8. The first-order valence-corrected chi connectivity index (χ1v) is 11.0. The third-order valence-electron chi connectivity index (χ3n) is 4.92. The Balaban J connectivity index is 2.38. The van der Waals surface area contributed by atoms with Crippen LogP contribution in [-0.2, 0) is 4.74 Å². The molecule has 0 aliphatic rings. The number of ether oxygens (including phenoxy) is 1. The van der Waals surface area contributed by atoms with Crippen LogP contribution in [0.1, 0.15) is 56.1 Å². The number of hydrogen-bond acceptors (Lipinski definition) is 5. The largest absolute Gasteiger partial charge is 0.465 e. The van der Waals surface area contributed by atoms with Crippen molar-refractivity contribution in [3.63, 3.8) is 0 Å². The molecule has 0 fully saturated rings. The summed E-state index contributed by atoms with van der Waals surface area (Å²) < 4.78 is 4.95. The summed E-state index contributed by atoms with van der Waals surface area (Å²) in [5, 5.41) is 7.16. The van der Waals surface area contributed by atoms with Gasteiger partial charge in [0.05, 0.1) is 17.6 Å². The molecule has 0 aliphatic heterocycles. The molecule has 0 unspecified atom stereocenters. The van der Waals surface area contributed by atoms with Crippen LogP contribution in [0.15, 0.2) is 12.1 Å². The Labute approximate surface area is 187 Å². The van der Waals surface area contributed by atoms with Crippen LogP contribution in [0, 0.1) is 27.7 Å². The summed E-state index contributed by atoms with van der Waals surface area (Å²) in [6, 6.07) is 4.15. The Morgan fingerprint density at radius 3 is 2.13 bits per heavy atom. The number of thiophene rings is 1. The number of amides is 1. The second-order valence-electron chi connectivity index (χ2n) is 7.08. The van der Waals surface area contributed by atoms with Gasteiger partial charge in [-0.1, -0.05) is 17.7 Å². The highest BCUT2D eigenvalue weighted by molar-refractivity contribution is 7.80. The molecule has 30 heavy (non-hydrogen) atoms. The first-order chi connectivity index (χ1) is 14.1. The van der Waals surface area contributed by atoms with Crippen LogP contribution in [0.25, 0.3) is 0 Å². The molecule has 2 N–H and O–H groups in total. The van der Waals surface area contributed by atoms with Gasteiger partial charge in [0.25, 0.3) is 5.91 Å². The Morgan fingerprint density at radius 2 is 1.63 bits per heavy atom. The van der Waals surface area contributed by atoms with E-state index in [1.54, 1.807) is 11.8 Å². The van der Waals surface area contributed by atoms with E-state index in [9.17, 15) is 9.59 Å². The van der Waals surface area contributed by atoms with Gasteiger partial charge in [-0.2, -0.15) is 0 Å². The Bertz CT molecular complexity index is 955. The van der Waals surface area contributed by atoms with Crippen molar-refractivity contribution in [2.75, 3.05) is 30.8 Å². The molecule has 6 nitrogen and oxygen atoms in total. The zero-order chi connectivity index (χ0) is 22.6. The van der Waals surface area contributed by atoms with Crippen LogP contribution in [0.2, 0.25) is 0 Å². The zero-order valence-corrected chi connectivity index (χ0v) is 20.2. The normalized spacial score (nSPS) is 10.5. The standard InChI is InChI=1S/C22H29N3O3S2/c1-8-25(9-2)20(26)18-15(6)16(21(27)28-7)19(30-18)24-22(29)23-17-13(4)10-12(3)11-14(17)5/h10-11H,8-9H2,1-7H3,(H2,23,24,29). The molecule has 0 bridgehead atoms. The van der Waals surface area contributed by atoms with Gasteiger partial charge in [0.15, 0.2) is 5.11 Å². The number of rotatable bonds is 6. The van der Waals surface area contributed by atoms with E-state index in [0.717, 1.165) is 16.8 Å². The van der Waals surface area contributed by atoms with E-state index in [2.05, 4.69) is 22.8 Å². The molecule has 0 aliphatic carbocycles. The number of hydrogen-bond donors (Lipinski definition) is 2. The highest BCUT2D eigenvalue weighted by atomic mass is 32.1. The molecule has 162 valence electrons. The number of nitrogens with zero attached hydrogens (tertiary/aromatic N) is 1. The summed E-state index contributed by atoms with van der Waals surface area (Å²) in [6.07, 6.45) is 0. The summed E-state index contributed by atoms with van der Waals surface area (Å²) in [7, 11) is 1.32. The second kappa shape index (κ2) is 10.0. The molecule has 1 aromatic heterocycles. The number of carbonyl (C=O) groups excluding carboxylic acids is 2. The average Bonchev–Trinajstić information content (AvgIpc) is 3.00. The zero-order valence-electron chi connectivity index (χ0n) is 18.6. The summed E-state index contributed by atoms with van der Waals surface area (Å²) in [6.45, 7) is 12.9. The van der Waals surface area contributed by atoms with Crippen molar-refractivity contribution in [3.05, 3.63) is 44.8 Å². The van der Waals surface area contributed by atoms with E-state index in [-0.39, 0.29) is 5.91 Å². The number of benzene rings is 1. The van der Waals surface area contributed by atoms with Crippen molar-refractivity contribution in [2.24, 2.45) is 0 Å². The van der Waals surface area contributed by atoms with Gasteiger partial charge in [0.2, 0.25) is 0 Å². The Morgan fingerprint density at radius 1 is 1.07 bits per heavy atom. The summed E-state index contributed by atoms with van der Waals surface area (Å²) in [5.74, 6) is -0.611. The van der Waals surface area contributed by atoms with E-state index < -0.39 is 5.97 Å². The third kappa shape index (κ3) is 4.99. The highest BCUT2D eigenvalue weighted by Crippen LogP contribution is 2.35.